The molecule has 0 spiro atoms. The fraction of sp³-hybridized carbons (Fsp3) is 1.00. The van der Waals surface area contributed by atoms with Gasteiger partial charge in [-0.3, -0.25) is 0 Å². The lowest BCUT2D eigenvalue weighted by atomic mass is 10.3. The molecule has 1 unspecified atom stereocenters. The maximum atomic E-state index is 8.78. The predicted octanol–water partition coefficient (Wildman–Crippen LogP) is 0.545. The van der Waals surface area contributed by atoms with Crippen LogP contribution in [0.15, 0.2) is 0 Å². The molecule has 0 saturated heterocycles. The lowest BCUT2D eigenvalue weighted by molar-refractivity contribution is 0.0446. The van der Waals surface area contributed by atoms with Gasteiger partial charge in [-0.25, -0.2) is 0 Å². The van der Waals surface area contributed by atoms with Crippen LogP contribution in [0.25, 0.3) is 0 Å². The van der Waals surface area contributed by atoms with Crippen LogP contribution in [0.5, 0.6) is 0 Å². The summed E-state index contributed by atoms with van der Waals surface area (Å²) in [6.45, 7) is 4.91. The number of aliphatic hydroxyl groups is 3. The van der Waals surface area contributed by atoms with E-state index >= 15 is 0 Å². The second-order valence-corrected chi connectivity index (χ2v) is 3.08. The molecule has 0 aromatic rings. The average Bonchev–Trinajstić information content (AvgIpc) is 2.18. The monoisotopic (exact) mass is 208 g/mol. The summed E-state index contributed by atoms with van der Waals surface area (Å²) < 4.78 is 5.15. The lowest BCUT2D eigenvalue weighted by Gasteiger charge is -2.04. The van der Waals surface area contributed by atoms with Crippen molar-refractivity contribution >= 4 is 0 Å². The van der Waals surface area contributed by atoms with Gasteiger partial charge in [0.05, 0.1) is 25.9 Å². The van der Waals surface area contributed by atoms with Gasteiger partial charge in [0.25, 0.3) is 0 Å². The summed E-state index contributed by atoms with van der Waals surface area (Å²) in [5.74, 6) is 0. The van der Waals surface area contributed by atoms with E-state index in [-0.39, 0.29) is 19.3 Å². The second-order valence-electron chi connectivity index (χ2n) is 3.08. The van der Waals surface area contributed by atoms with Crippen LogP contribution in [0.4, 0.5) is 0 Å². The van der Waals surface area contributed by atoms with E-state index in [1.54, 1.807) is 6.92 Å². The molecule has 0 heterocycles. The largest absolute Gasteiger partial charge is 0.394 e. The van der Waals surface area contributed by atoms with Crippen molar-refractivity contribution in [3.05, 3.63) is 0 Å². The van der Waals surface area contributed by atoms with Crippen molar-refractivity contribution in [2.75, 3.05) is 26.4 Å². The molecule has 4 nitrogen and oxygen atoms in total. The number of rotatable bonds is 7. The highest BCUT2D eigenvalue weighted by molar-refractivity contribution is 4.42. The highest BCUT2D eigenvalue weighted by Crippen LogP contribution is 1.94. The van der Waals surface area contributed by atoms with Crippen molar-refractivity contribution in [2.24, 2.45) is 0 Å². The standard InChI is InChI=1S/C8H18O2.C2H6O2/c1-3-4-5-6-10-7-8(2)9;3-1-2-4/h8-9H,3-7H2,1-2H3;3-4H,1-2H2. The van der Waals surface area contributed by atoms with E-state index in [0.29, 0.717) is 6.61 Å². The highest BCUT2D eigenvalue weighted by Gasteiger charge is 1.93. The van der Waals surface area contributed by atoms with Crippen LogP contribution < -0.4 is 0 Å². The molecule has 0 bridgehead atoms. The van der Waals surface area contributed by atoms with E-state index in [0.717, 1.165) is 13.0 Å². The van der Waals surface area contributed by atoms with Gasteiger partial charge in [0.2, 0.25) is 0 Å². The minimum absolute atomic E-state index is 0.125. The van der Waals surface area contributed by atoms with Gasteiger partial charge in [-0.05, 0) is 13.3 Å². The lowest BCUT2D eigenvalue weighted by Crippen LogP contribution is -2.10. The Morgan fingerprint density at radius 3 is 2.07 bits per heavy atom. The van der Waals surface area contributed by atoms with Crippen LogP contribution in [0.2, 0.25) is 0 Å². The first-order chi connectivity index (χ1) is 6.68. The SMILES string of the molecule is CCCCCOCC(C)O.OCCO. The van der Waals surface area contributed by atoms with E-state index in [1.807, 2.05) is 0 Å². The van der Waals surface area contributed by atoms with E-state index in [2.05, 4.69) is 6.92 Å². The van der Waals surface area contributed by atoms with E-state index in [9.17, 15) is 0 Å². The summed E-state index contributed by atoms with van der Waals surface area (Å²) in [5.41, 5.74) is 0. The molecule has 3 N–H and O–H groups in total. The Kier molecular flexibility index (Phi) is 17.8. The predicted molar refractivity (Wildman–Crippen MR) is 56.2 cm³/mol. The fourth-order valence-electron chi connectivity index (χ4n) is 0.708. The summed E-state index contributed by atoms with van der Waals surface area (Å²) in [6, 6.07) is 0. The summed E-state index contributed by atoms with van der Waals surface area (Å²) >= 11 is 0. The summed E-state index contributed by atoms with van der Waals surface area (Å²) in [5, 5.41) is 24.0. The van der Waals surface area contributed by atoms with Crippen LogP contribution in [0.3, 0.4) is 0 Å². The van der Waals surface area contributed by atoms with Crippen LogP contribution in [0, 0.1) is 0 Å². The van der Waals surface area contributed by atoms with Crippen molar-refractivity contribution in [2.45, 2.75) is 39.2 Å². The van der Waals surface area contributed by atoms with E-state index in [4.69, 9.17) is 20.1 Å². The molecule has 4 heteroatoms. The molecule has 1 atom stereocenters. The quantitative estimate of drug-likeness (QED) is 0.534. The number of hydrogen-bond donors (Lipinski definition) is 3. The van der Waals surface area contributed by atoms with Gasteiger partial charge < -0.3 is 20.1 Å². The first-order valence-corrected chi connectivity index (χ1v) is 5.16. The molecule has 0 rings (SSSR count). The second kappa shape index (κ2) is 15.3. The van der Waals surface area contributed by atoms with E-state index in [1.165, 1.54) is 12.8 Å². The van der Waals surface area contributed by atoms with Crippen LogP contribution in [-0.2, 0) is 4.74 Å². The van der Waals surface area contributed by atoms with Crippen molar-refractivity contribution in [3.8, 4) is 0 Å². The number of hydrogen-bond acceptors (Lipinski definition) is 4. The van der Waals surface area contributed by atoms with Gasteiger partial charge in [0.15, 0.2) is 0 Å². The fourth-order valence-corrected chi connectivity index (χ4v) is 0.708. The third kappa shape index (κ3) is 22.6. The minimum Gasteiger partial charge on any atom is -0.394 e. The summed E-state index contributed by atoms with van der Waals surface area (Å²) in [4.78, 5) is 0. The molecule has 0 aliphatic rings. The Morgan fingerprint density at radius 1 is 1.14 bits per heavy atom. The molecule has 0 aromatic heterocycles. The number of unbranched alkanes of at least 4 members (excludes halogenated alkanes) is 2. The topological polar surface area (TPSA) is 69.9 Å². The summed E-state index contributed by atoms with van der Waals surface area (Å²) in [6.07, 6.45) is 3.24. The molecule has 0 aliphatic heterocycles. The Labute approximate surface area is 86.5 Å². The van der Waals surface area contributed by atoms with Crippen LogP contribution >= 0.6 is 0 Å². The molecular weight excluding hydrogens is 184 g/mol. The van der Waals surface area contributed by atoms with Gasteiger partial charge >= 0.3 is 0 Å². The molecule has 0 radical (unpaired) electrons. The molecule has 0 aliphatic carbocycles. The van der Waals surface area contributed by atoms with Gasteiger partial charge in [-0.2, -0.15) is 0 Å². The smallest absolute Gasteiger partial charge is 0.0745 e. The van der Waals surface area contributed by atoms with E-state index < -0.39 is 0 Å². The molecule has 0 amide bonds. The van der Waals surface area contributed by atoms with Gasteiger partial charge in [0.1, 0.15) is 0 Å². The first-order valence-electron chi connectivity index (χ1n) is 5.16. The van der Waals surface area contributed by atoms with Crippen molar-refractivity contribution in [1.82, 2.24) is 0 Å². The molecule has 0 aromatic carbocycles. The normalized spacial score (nSPS) is 11.8. The molecule has 0 fully saturated rings. The van der Waals surface area contributed by atoms with Crippen molar-refractivity contribution in [1.29, 1.82) is 0 Å². The number of aliphatic hydroxyl groups excluding tert-OH is 3. The van der Waals surface area contributed by atoms with Gasteiger partial charge in [-0.15, -0.1) is 0 Å². The third-order valence-corrected chi connectivity index (χ3v) is 1.35. The zero-order chi connectivity index (χ0) is 11.2. The molecule has 0 saturated carbocycles. The van der Waals surface area contributed by atoms with Crippen molar-refractivity contribution < 1.29 is 20.1 Å². The van der Waals surface area contributed by atoms with Crippen LogP contribution in [0.1, 0.15) is 33.1 Å². The average molecular weight is 208 g/mol. The zero-order valence-electron chi connectivity index (χ0n) is 9.28. The number of ether oxygens (including phenoxy) is 1. The van der Waals surface area contributed by atoms with Gasteiger partial charge in [0, 0.05) is 6.61 Å². The Bertz CT molecular complexity index is 84.2. The maximum absolute atomic E-state index is 8.78. The molecule has 88 valence electrons. The molecular formula is C10H24O4. The third-order valence-electron chi connectivity index (χ3n) is 1.35. The highest BCUT2D eigenvalue weighted by atomic mass is 16.5. The van der Waals surface area contributed by atoms with Gasteiger partial charge in [-0.1, -0.05) is 19.8 Å². The molecule has 14 heavy (non-hydrogen) atoms. The Hall–Kier alpha value is -0.160. The Balaban J connectivity index is 0. The zero-order valence-corrected chi connectivity index (χ0v) is 9.28. The summed E-state index contributed by atoms with van der Waals surface area (Å²) in [7, 11) is 0. The van der Waals surface area contributed by atoms with Crippen molar-refractivity contribution in [3.63, 3.8) is 0 Å². The first kappa shape index (κ1) is 16.3. The van der Waals surface area contributed by atoms with Crippen LogP contribution in [-0.4, -0.2) is 47.9 Å². The maximum Gasteiger partial charge on any atom is 0.0745 e. The minimum atomic E-state index is -0.318. The Morgan fingerprint density at radius 2 is 1.71 bits per heavy atom.